The Hall–Kier alpha value is -0.130. The van der Waals surface area contributed by atoms with Crippen molar-refractivity contribution in [2.45, 2.75) is 38.1 Å². The Balaban J connectivity index is 1.72. The van der Waals surface area contributed by atoms with E-state index in [0.717, 1.165) is 19.0 Å². The minimum atomic E-state index is -3.00. The van der Waals surface area contributed by atoms with Crippen LogP contribution in [0.4, 0.5) is 0 Å². The number of fused-ring (bicyclic) bond motifs is 1. The molecule has 0 aromatic heterocycles. The molecular weight excluding hydrogens is 248 g/mol. The second-order valence-corrected chi connectivity index (χ2v) is 8.32. The third-order valence-electron chi connectivity index (χ3n) is 4.77. The first-order valence-corrected chi connectivity index (χ1v) is 9.08. The van der Waals surface area contributed by atoms with E-state index < -0.39 is 10.0 Å². The maximum atomic E-state index is 11.7. The summed E-state index contributed by atoms with van der Waals surface area (Å²) in [6, 6.07) is 0.489. The highest BCUT2D eigenvalue weighted by Gasteiger charge is 2.41. The lowest BCUT2D eigenvalue weighted by Gasteiger charge is -2.30. The molecule has 18 heavy (non-hydrogen) atoms. The van der Waals surface area contributed by atoms with E-state index in [4.69, 9.17) is 0 Å². The summed E-state index contributed by atoms with van der Waals surface area (Å²) in [5.41, 5.74) is 0. The molecule has 3 fully saturated rings. The molecule has 0 N–H and O–H groups in total. The smallest absolute Gasteiger partial charge is 0.211 e. The molecule has 0 amide bonds. The second kappa shape index (κ2) is 4.76. The predicted octanol–water partition coefficient (Wildman–Crippen LogP) is 1.14. The van der Waals surface area contributed by atoms with Gasteiger partial charge in [0.25, 0.3) is 0 Å². The molecule has 2 saturated heterocycles. The first kappa shape index (κ1) is 12.9. The maximum Gasteiger partial charge on any atom is 0.211 e. The lowest BCUT2D eigenvalue weighted by molar-refractivity contribution is 0.177. The average molecular weight is 272 g/mol. The van der Waals surface area contributed by atoms with Crippen LogP contribution in [0.3, 0.4) is 0 Å². The minimum absolute atomic E-state index is 0.489. The van der Waals surface area contributed by atoms with E-state index in [2.05, 4.69) is 4.90 Å². The Kier molecular flexibility index (Phi) is 3.41. The first-order chi connectivity index (χ1) is 8.54. The lowest BCUT2D eigenvalue weighted by atomic mass is 9.98. The average Bonchev–Trinajstić information content (AvgIpc) is 3.03. The molecular formula is C13H24N2O2S. The summed E-state index contributed by atoms with van der Waals surface area (Å²) in [5.74, 6) is 1.47. The quantitative estimate of drug-likeness (QED) is 0.773. The number of sulfonamides is 1. The summed E-state index contributed by atoms with van der Waals surface area (Å²) in [4.78, 5) is 2.60. The molecule has 5 heteroatoms. The molecule has 0 spiro atoms. The van der Waals surface area contributed by atoms with Crippen LogP contribution < -0.4 is 0 Å². The van der Waals surface area contributed by atoms with Crippen molar-refractivity contribution in [1.82, 2.24) is 9.21 Å². The maximum absolute atomic E-state index is 11.7. The monoisotopic (exact) mass is 272 g/mol. The topological polar surface area (TPSA) is 40.6 Å². The first-order valence-electron chi connectivity index (χ1n) is 7.23. The molecule has 4 nitrogen and oxygen atoms in total. The van der Waals surface area contributed by atoms with Crippen LogP contribution >= 0.6 is 0 Å². The summed E-state index contributed by atoms with van der Waals surface area (Å²) in [6.45, 7) is 3.87. The summed E-state index contributed by atoms with van der Waals surface area (Å²) in [7, 11) is -3.00. The standard InChI is InChI=1S/C13H24N2O2S/c1-18(16,17)15-9-12-4-2-3-7-14(13(12)10-15)8-11-5-6-11/h11-13H,2-10H2,1H3/t12-,13+/m0/s1. The van der Waals surface area contributed by atoms with E-state index in [1.807, 2.05) is 0 Å². The molecule has 2 heterocycles. The van der Waals surface area contributed by atoms with Gasteiger partial charge in [-0.15, -0.1) is 0 Å². The van der Waals surface area contributed by atoms with E-state index >= 15 is 0 Å². The highest BCUT2D eigenvalue weighted by atomic mass is 32.2. The van der Waals surface area contributed by atoms with E-state index in [1.54, 1.807) is 4.31 Å². The van der Waals surface area contributed by atoms with Crippen LogP contribution in [0.15, 0.2) is 0 Å². The van der Waals surface area contributed by atoms with Crippen LogP contribution in [-0.4, -0.2) is 56.1 Å². The Morgan fingerprint density at radius 2 is 1.89 bits per heavy atom. The largest absolute Gasteiger partial charge is 0.298 e. The van der Waals surface area contributed by atoms with Gasteiger partial charge in [-0.05, 0) is 44.1 Å². The van der Waals surface area contributed by atoms with Crippen molar-refractivity contribution < 1.29 is 8.42 Å². The highest BCUT2D eigenvalue weighted by molar-refractivity contribution is 7.88. The molecule has 0 aromatic rings. The van der Waals surface area contributed by atoms with Gasteiger partial charge in [0.15, 0.2) is 0 Å². The molecule has 1 saturated carbocycles. The van der Waals surface area contributed by atoms with Crippen molar-refractivity contribution in [1.29, 1.82) is 0 Å². The molecule has 1 aliphatic carbocycles. The van der Waals surface area contributed by atoms with Gasteiger partial charge in [-0.1, -0.05) is 6.42 Å². The minimum Gasteiger partial charge on any atom is -0.298 e. The number of rotatable bonds is 3. The van der Waals surface area contributed by atoms with Crippen molar-refractivity contribution in [2.75, 3.05) is 32.4 Å². The Bertz CT molecular complexity index is 405. The molecule has 0 bridgehead atoms. The fraction of sp³-hybridized carbons (Fsp3) is 1.00. The third-order valence-corrected chi connectivity index (χ3v) is 6.01. The van der Waals surface area contributed by atoms with E-state index in [-0.39, 0.29) is 0 Å². The van der Waals surface area contributed by atoms with Crippen molar-refractivity contribution in [3.8, 4) is 0 Å². The van der Waals surface area contributed by atoms with Gasteiger partial charge in [0, 0.05) is 25.7 Å². The van der Waals surface area contributed by atoms with Gasteiger partial charge in [-0.25, -0.2) is 12.7 Å². The highest BCUT2D eigenvalue weighted by Crippen LogP contribution is 2.35. The lowest BCUT2D eigenvalue weighted by Crippen LogP contribution is -2.41. The van der Waals surface area contributed by atoms with Crippen LogP contribution in [0.25, 0.3) is 0 Å². The zero-order chi connectivity index (χ0) is 12.8. The Morgan fingerprint density at radius 3 is 2.56 bits per heavy atom. The van der Waals surface area contributed by atoms with Crippen LogP contribution in [0.2, 0.25) is 0 Å². The van der Waals surface area contributed by atoms with E-state index in [9.17, 15) is 8.42 Å². The van der Waals surface area contributed by atoms with Crippen LogP contribution in [0.5, 0.6) is 0 Å². The summed E-state index contributed by atoms with van der Waals surface area (Å²) < 4.78 is 25.1. The summed E-state index contributed by atoms with van der Waals surface area (Å²) in [5, 5.41) is 0. The second-order valence-electron chi connectivity index (χ2n) is 6.34. The normalized spacial score (nSPS) is 35.4. The van der Waals surface area contributed by atoms with Crippen LogP contribution in [-0.2, 0) is 10.0 Å². The van der Waals surface area contributed by atoms with Gasteiger partial charge in [-0.2, -0.15) is 0 Å². The molecule has 104 valence electrons. The number of hydrogen-bond donors (Lipinski definition) is 0. The van der Waals surface area contributed by atoms with Crippen LogP contribution in [0, 0.1) is 11.8 Å². The van der Waals surface area contributed by atoms with Gasteiger partial charge in [0.1, 0.15) is 0 Å². The summed E-state index contributed by atoms with van der Waals surface area (Å²) in [6.07, 6.45) is 7.87. The van der Waals surface area contributed by atoms with E-state index in [0.29, 0.717) is 12.0 Å². The third kappa shape index (κ3) is 2.73. The molecule has 3 rings (SSSR count). The van der Waals surface area contributed by atoms with Gasteiger partial charge in [-0.3, -0.25) is 4.90 Å². The number of hydrogen-bond acceptors (Lipinski definition) is 3. The van der Waals surface area contributed by atoms with Gasteiger partial charge in [0.05, 0.1) is 6.26 Å². The summed E-state index contributed by atoms with van der Waals surface area (Å²) >= 11 is 0. The molecule has 0 radical (unpaired) electrons. The predicted molar refractivity (Wildman–Crippen MR) is 71.8 cm³/mol. The fourth-order valence-corrected chi connectivity index (χ4v) is 4.42. The van der Waals surface area contributed by atoms with Crippen molar-refractivity contribution >= 4 is 10.0 Å². The Morgan fingerprint density at radius 1 is 1.11 bits per heavy atom. The van der Waals surface area contributed by atoms with Crippen molar-refractivity contribution in [3.05, 3.63) is 0 Å². The fourth-order valence-electron chi connectivity index (χ4n) is 3.53. The molecule has 0 unspecified atom stereocenters. The zero-order valence-electron chi connectivity index (χ0n) is 11.2. The SMILES string of the molecule is CS(=O)(=O)N1C[C@@H]2CCCCN(CC3CC3)[C@@H]2C1. The van der Waals surface area contributed by atoms with Gasteiger partial charge < -0.3 is 0 Å². The van der Waals surface area contributed by atoms with E-state index in [1.165, 1.54) is 51.4 Å². The van der Waals surface area contributed by atoms with Crippen LogP contribution in [0.1, 0.15) is 32.1 Å². The number of likely N-dealkylation sites (tertiary alicyclic amines) is 1. The van der Waals surface area contributed by atoms with Gasteiger partial charge >= 0.3 is 0 Å². The molecule has 2 atom stereocenters. The number of nitrogens with zero attached hydrogens (tertiary/aromatic N) is 2. The zero-order valence-corrected chi connectivity index (χ0v) is 12.0. The Labute approximate surface area is 110 Å². The van der Waals surface area contributed by atoms with Crippen molar-refractivity contribution in [2.24, 2.45) is 11.8 Å². The van der Waals surface area contributed by atoms with Crippen molar-refractivity contribution in [3.63, 3.8) is 0 Å². The molecule has 2 aliphatic heterocycles. The van der Waals surface area contributed by atoms with Gasteiger partial charge in [0.2, 0.25) is 10.0 Å². The molecule has 0 aromatic carbocycles. The molecule has 3 aliphatic rings.